The molecule has 7 heteroatoms. The fourth-order valence-electron chi connectivity index (χ4n) is 3.18. The van der Waals surface area contributed by atoms with Crippen LogP contribution in [0.3, 0.4) is 0 Å². The van der Waals surface area contributed by atoms with E-state index < -0.39 is 5.82 Å². The smallest absolute Gasteiger partial charge is 0.206 e. The van der Waals surface area contributed by atoms with Crippen molar-refractivity contribution in [2.24, 2.45) is 0 Å². The fraction of sp³-hybridized carbons (Fsp3) is 0.278. The Balaban J connectivity index is 1.81. The van der Waals surface area contributed by atoms with Gasteiger partial charge in [0.05, 0.1) is 17.1 Å². The Hall–Kier alpha value is -1.63. The highest BCUT2D eigenvalue weighted by Gasteiger charge is 2.20. The maximum atomic E-state index is 13.5. The topological polar surface area (TPSA) is 33.1 Å². The van der Waals surface area contributed by atoms with E-state index in [4.69, 9.17) is 16.6 Å². The van der Waals surface area contributed by atoms with Gasteiger partial charge in [0.2, 0.25) is 5.95 Å². The molecule has 0 bridgehead atoms. The normalized spacial score (nSPS) is 15.1. The first-order valence-electron chi connectivity index (χ1n) is 8.18. The van der Waals surface area contributed by atoms with Gasteiger partial charge in [-0.25, -0.2) is 9.37 Å². The standard InChI is InChI=1S/C18H17BrClFN4/c19-13-2-1-3-16-17(13)23-18(24-8-6-22-7-9-24)25(16)11-12-4-5-15(21)14(20)10-12/h1-5,10,22H,6-9,11H2. The van der Waals surface area contributed by atoms with Gasteiger partial charge in [-0.2, -0.15) is 0 Å². The summed E-state index contributed by atoms with van der Waals surface area (Å²) in [5.41, 5.74) is 2.93. The highest BCUT2D eigenvalue weighted by Crippen LogP contribution is 2.30. The molecule has 0 amide bonds. The number of aromatic nitrogens is 2. The number of piperazine rings is 1. The minimum absolute atomic E-state index is 0.145. The van der Waals surface area contributed by atoms with Crippen LogP contribution < -0.4 is 10.2 Å². The summed E-state index contributed by atoms with van der Waals surface area (Å²) in [6, 6.07) is 10.9. The Morgan fingerprint density at radius 2 is 2.00 bits per heavy atom. The second kappa shape index (κ2) is 6.94. The lowest BCUT2D eigenvalue weighted by Gasteiger charge is -2.29. The molecule has 0 aliphatic carbocycles. The van der Waals surface area contributed by atoms with Crippen LogP contribution in [-0.2, 0) is 6.54 Å². The van der Waals surface area contributed by atoms with E-state index in [9.17, 15) is 4.39 Å². The van der Waals surface area contributed by atoms with Crippen LogP contribution in [0.1, 0.15) is 5.56 Å². The minimum atomic E-state index is -0.397. The van der Waals surface area contributed by atoms with Crippen LogP contribution in [0.25, 0.3) is 11.0 Å². The number of hydrogen-bond acceptors (Lipinski definition) is 3. The molecule has 130 valence electrons. The van der Waals surface area contributed by atoms with Crippen LogP contribution in [0, 0.1) is 5.82 Å². The van der Waals surface area contributed by atoms with Gasteiger partial charge in [0.1, 0.15) is 11.3 Å². The summed E-state index contributed by atoms with van der Waals surface area (Å²) in [6.45, 7) is 4.28. The molecule has 0 spiro atoms. The summed E-state index contributed by atoms with van der Waals surface area (Å²) in [6.07, 6.45) is 0. The number of fused-ring (bicyclic) bond motifs is 1. The highest BCUT2D eigenvalue weighted by atomic mass is 79.9. The van der Waals surface area contributed by atoms with E-state index in [2.05, 4.69) is 36.8 Å². The molecule has 1 aliphatic heterocycles. The lowest BCUT2D eigenvalue weighted by atomic mass is 10.2. The first-order chi connectivity index (χ1) is 12.1. The second-order valence-electron chi connectivity index (χ2n) is 6.09. The Morgan fingerprint density at radius 1 is 1.20 bits per heavy atom. The summed E-state index contributed by atoms with van der Waals surface area (Å²) >= 11 is 9.56. The number of anilines is 1. The molecule has 1 N–H and O–H groups in total. The van der Waals surface area contributed by atoms with Crippen LogP contribution in [-0.4, -0.2) is 35.7 Å². The van der Waals surface area contributed by atoms with E-state index in [1.54, 1.807) is 12.1 Å². The third-order valence-electron chi connectivity index (χ3n) is 4.43. The average Bonchev–Trinajstić information content (AvgIpc) is 2.99. The van der Waals surface area contributed by atoms with Gasteiger partial charge in [0.25, 0.3) is 0 Å². The fourth-order valence-corrected chi connectivity index (χ4v) is 3.83. The number of benzene rings is 2. The van der Waals surface area contributed by atoms with Crippen molar-refractivity contribution in [2.45, 2.75) is 6.54 Å². The largest absolute Gasteiger partial charge is 0.340 e. The van der Waals surface area contributed by atoms with Crippen molar-refractivity contribution in [1.29, 1.82) is 0 Å². The van der Waals surface area contributed by atoms with Crippen LogP contribution >= 0.6 is 27.5 Å². The first-order valence-corrected chi connectivity index (χ1v) is 9.35. The minimum Gasteiger partial charge on any atom is -0.340 e. The number of nitrogens with zero attached hydrogens (tertiary/aromatic N) is 3. The molecule has 0 unspecified atom stereocenters. The quantitative estimate of drug-likeness (QED) is 0.690. The number of para-hydroxylation sites is 1. The van der Waals surface area contributed by atoms with Gasteiger partial charge < -0.3 is 14.8 Å². The summed E-state index contributed by atoms with van der Waals surface area (Å²) in [5, 5.41) is 3.51. The van der Waals surface area contributed by atoms with Crippen LogP contribution in [0.5, 0.6) is 0 Å². The van der Waals surface area contributed by atoms with Crippen LogP contribution in [0.15, 0.2) is 40.9 Å². The first kappa shape index (κ1) is 16.8. The predicted molar refractivity (Wildman–Crippen MR) is 103 cm³/mol. The molecule has 25 heavy (non-hydrogen) atoms. The molecule has 0 radical (unpaired) electrons. The number of imidazole rings is 1. The van der Waals surface area contributed by atoms with Gasteiger partial charge >= 0.3 is 0 Å². The Morgan fingerprint density at radius 3 is 2.76 bits per heavy atom. The maximum Gasteiger partial charge on any atom is 0.206 e. The van der Waals surface area contributed by atoms with E-state index in [-0.39, 0.29) is 5.02 Å². The molecule has 1 fully saturated rings. The zero-order chi connectivity index (χ0) is 17.4. The van der Waals surface area contributed by atoms with E-state index in [1.807, 2.05) is 12.1 Å². The predicted octanol–water partition coefficient (Wildman–Crippen LogP) is 4.05. The summed E-state index contributed by atoms with van der Waals surface area (Å²) in [4.78, 5) is 7.16. The van der Waals surface area contributed by atoms with Crippen molar-refractivity contribution >= 4 is 44.5 Å². The van der Waals surface area contributed by atoms with Crippen molar-refractivity contribution in [2.75, 3.05) is 31.1 Å². The summed E-state index contributed by atoms with van der Waals surface area (Å²) in [5.74, 6) is 0.537. The van der Waals surface area contributed by atoms with Crippen molar-refractivity contribution in [3.05, 3.63) is 57.3 Å². The number of halogens is 3. The molecule has 4 rings (SSSR count). The van der Waals surface area contributed by atoms with Gasteiger partial charge in [0.15, 0.2) is 0 Å². The monoisotopic (exact) mass is 422 g/mol. The van der Waals surface area contributed by atoms with E-state index in [1.165, 1.54) is 6.07 Å². The number of rotatable bonds is 3. The number of hydrogen-bond donors (Lipinski definition) is 1. The maximum absolute atomic E-state index is 13.5. The van der Waals surface area contributed by atoms with E-state index in [0.29, 0.717) is 6.54 Å². The van der Waals surface area contributed by atoms with Gasteiger partial charge in [-0.1, -0.05) is 23.7 Å². The van der Waals surface area contributed by atoms with Gasteiger partial charge in [-0.15, -0.1) is 0 Å². The van der Waals surface area contributed by atoms with Crippen molar-refractivity contribution in [1.82, 2.24) is 14.9 Å². The van der Waals surface area contributed by atoms with Gasteiger partial charge in [-0.05, 0) is 45.8 Å². The second-order valence-corrected chi connectivity index (χ2v) is 7.35. The molecular formula is C18H17BrClFN4. The third-order valence-corrected chi connectivity index (χ3v) is 5.36. The molecular weight excluding hydrogens is 407 g/mol. The molecule has 3 aromatic rings. The Kier molecular flexibility index (Phi) is 4.67. The van der Waals surface area contributed by atoms with E-state index >= 15 is 0 Å². The zero-order valence-electron chi connectivity index (χ0n) is 13.5. The van der Waals surface area contributed by atoms with Crippen LogP contribution in [0.4, 0.5) is 10.3 Å². The lowest BCUT2D eigenvalue weighted by Crippen LogP contribution is -2.44. The molecule has 1 aromatic heterocycles. The number of nitrogens with one attached hydrogen (secondary N) is 1. The molecule has 0 atom stereocenters. The molecule has 2 heterocycles. The van der Waals surface area contributed by atoms with Crippen LogP contribution in [0.2, 0.25) is 5.02 Å². The summed E-state index contributed by atoms with van der Waals surface area (Å²) in [7, 11) is 0. The molecule has 2 aromatic carbocycles. The highest BCUT2D eigenvalue weighted by molar-refractivity contribution is 9.10. The Labute approximate surface area is 158 Å². The van der Waals surface area contributed by atoms with Crippen molar-refractivity contribution in [3.63, 3.8) is 0 Å². The van der Waals surface area contributed by atoms with Gasteiger partial charge in [0, 0.05) is 30.7 Å². The van der Waals surface area contributed by atoms with Crippen molar-refractivity contribution in [3.8, 4) is 0 Å². The zero-order valence-corrected chi connectivity index (χ0v) is 15.8. The van der Waals surface area contributed by atoms with Crippen molar-refractivity contribution < 1.29 is 4.39 Å². The molecule has 0 saturated carbocycles. The molecule has 1 saturated heterocycles. The summed E-state index contributed by atoms with van der Waals surface area (Å²) < 4.78 is 16.6. The molecule has 1 aliphatic rings. The van der Waals surface area contributed by atoms with E-state index in [0.717, 1.165) is 53.2 Å². The third kappa shape index (κ3) is 3.26. The lowest BCUT2D eigenvalue weighted by molar-refractivity contribution is 0.571. The Bertz CT molecular complexity index is 921. The van der Waals surface area contributed by atoms with Gasteiger partial charge in [-0.3, -0.25) is 0 Å². The SMILES string of the molecule is Fc1ccc(Cn2c(N3CCNCC3)nc3c(Br)cccc32)cc1Cl. The molecule has 4 nitrogen and oxygen atoms in total. The average molecular weight is 424 g/mol.